The van der Waals surface area contributed by atoms with Gasteiger partial charge in [0.15, 0.2) is 18.3 Å². The third kappa shape index (κ3) is 5.94. The molecule has 0 radical (unpaired) electrons. The Morgan fingerprint density at radius 3 is 1.79 bits per heavy atom. The number of hydrogen-bond donors (Lipinski definition) is 0. The Kier molecular flexibility index (Phi) is 7.54. The van der Waals surface area contributed by atoms with Crippen LogP contribution in [0.25, 0.3) is 0 Å². The number of anilines is 2. The van der Waals surface area contributed by atoms with Crippen molar-refractivity contribution in [2.24, 2.45) is 0 Å². The average molecular weight is 390 g/mol. The summed E-state index contributed by atoms with van der Waals surface area (Å²) in [6, 6.07) is 14.5. The van der Waals surface area contributed by atoms with Gasteiger partial charge in [0.1, 0.15) is 5.76 Å². The molecular formula is C24H26N2O3. The van der Waals surface area contributed by atoms with Crippen molar-refractivity contribution < 1.29 is 14.3 Å². The van der Waals surface area contributed by atoms with Crippen LogP contribution in [0.2, 0.25) is 0 Å². The van der Waals surface area contributed by atoms with E-state index < -0.39 is 0 Å². The van der Waals surface area contributed by atoms with Crippen LogP contribution in [0.1, 0.15) is 15.9 Å². The maximum Gasteiger partial charge on any atom is 0.193 e. The molecule has 2 rings (SSSR count). The highest BCUT2D eigenvalue weighted by atomic mass is 16.5. The number of ketones is 2. The standard InChI is InChI=1S/C24H26N2O3/c1-6-18(3)29-17-26(5)22-14-10-20(11-15-22)24(28)19-8-12-21(13-9-19)25(4)16-23(27)7-2/h6-15H,1-3,16-17H2,4-5H3. The molecule has 150 valence electrons. The quantitative estimate of drug-likeness (QED) is 0.189. The molecule has 0 N–H and O–H groups in total. The summed E-state index contributed by atoms with van der Waals surface area (Å²) < 4.78 is 5.43. The van der Waals surface area contributed by atoms with Gasteiger partial charge in [-0.15, -0.1) is 0 Å². The van der Waals surface area contributed by atoms with Crippen LogP contribution in [0.4, 0.5) is 11.4 Å². The van der Waals surface area contributed by atoms with Crippen molar-refractivity contribution in [1.82, 2.24) is 0 Å². The summed E-state index contributed by atoms with van der Waals surface area (Å²) in [5.74, 6) is 0.385. The average Bonchev–Trinajstić information content (AvgIpc) is 2.76. The van der Waals surface area contributed by atoms with E-state index in [1.54, 1.807) is 30.3 Å². The number of hydrogen-bond acceptors (Lipinski definition) is 5. The highest BCUT2D eigenvalue weighted by Gasteiger charge is 2.11. The van der Waals surface area contributed by atoms with Crippen molar-refractivity contribution in [1.29, 1.82) is 0 Å². The van der Waals surface area contributed by atoms with Gasteiger partial charge in [-0.1, -0.05) is 19.7 Å². The first-order valence-corrected chi connectivity index (χ1v) is 9.12. The molecule has 0 aliphatic rings. The lowest BCUT2D eigenvalue weighted by Gasteiger charge is -2.20. The zero-order valence-electron chi connectivity index (χ0n) is 16.9. The molecule has 2 aromatic rings. The fourth-order valence-corrected chi connectivity index (χ4v) is 2.60. The van der Waals surface area contributed by atoms with Crippen molar-refractivity contribution in [3.05, 3.63) is 97.3 Å². The Balaban J connectivity index is 2.04. The molecule has 0 aliphatic carbocycles. The number of allylic oxidation sites excluding steroid dienone is 1. The SMILES string of the molecule is C=CC(=C)OCN(C)c1ccc(C(=O)c2ccc(N(C)CC(=O)C=C)cc2)cc1. The molecule has 0 bridgehead atoms. The number of ether oxygens (including phenoxy) is 1. The summed E-state index contributed by atoms with van der Waals surface area (Å²) in [5, 5.41) is 0. The summed E-state index contributed by atoms with van der Waals surface area (Å²) in [5.41, 5.74) is 2.96. The van der Waals surface area contributed by atoms with E-state index in [1.165, 1.54) is 6.08 Å². The minimum absolute atomic E-state index is 0.0584. The van der Waals surface area contributed by atoms with Crippen LogP contribution >= 0.6 is 0 Å². The molecule has 0 amide bonds. The monoisotopic (exact) mass is 390 g/mol. The predicted octanol–water partition coefficient (Wildman–Crippen LogP) is 4.22. The van der Waals surface area contributed by atoms with Gasteiger partial charge in [-0.3, -0.25) is 9.59 Å². The van der Waals surface area contributed by atoms with Gasteiger partial charge in [0, 0.05) is 36.6 Å². The van der Waals surface area contributed by atoms with Crippen molar-refractivity contribution in [3.8, 4) is 0 Å². The molecule has 0 atom stereocenters. The highest BCUT2D eigenvalue weighted by molar-refractivity contribution is 6.09. The number of likely N-dealkylation sites (N-methyl/N-ethyl adjacent to an activating group) is 1. The zero-order valence-corrected chi connectivity index (χ0v) is 16.9. The van der Waals surface area contributed by atoms with Gasteiger partial charge in [-0.05, 0) is 60.7 Å². The van der Waals surface area contributed by atoms with Crippen LogP contribution in [0.3, 0.4) is 0 Å². The van der Waals surface area contributed by atoms with Gasteiger partial charge in [0.25, 0.3) is 0 Å². The minimum Gasteiger partial charge on any atom is -0.474 e. The molecule has 5 heteroatoms. The summed E-state index contributed by atoms with van der Waals surface area (Å²) >= 11 is 0. The second kappa shape index (κ2) is 10.1. The maximum absolute atomic E-state index is 12.7. The predicted molar refractivity (Wildman–Crippen MR) is 118 cm³/mol. The molecule has 5 nitrogen and oxygen atoms in total. The van der Waals surface area contributed by atoms with Gasteiger partial charge in [0.2, 0.25) is 0 Å². The van der Waals surface area contributed by atoms with E-state index in [0.29, 0.717) is 23.6 Å². The number of nitrogens with zero attached hydrogens (tertiary/aromatic N) is 2. The normalized spacial score (nSPS) is 10.0. The lowest BCUT2D eigenvalue weighted by molar-refractivity contribution is -0.113. The summed E-state index contributed by atoms with van der Waals surface area (Å²) in [7, 11) is 3.71. The Bertz CT molecular complexity index is 899. The first-order chi connectivity index (χ1) is 13.8. The molecule has 0 spiro atoms. The number of carbonyl (C=O) groups excluding carboxylic acids is 2. The van der Waals surface area contributed by atoms with E-state index in [-0.39, 0.29) is 18.1 Å². The highest BCUT2D eigenvalue weighted by Crippen LogP contribution is 2.19. The van der Waals surface area contributed by atoms with E-state index in [1.807, 2.05) is 48.2 Å². The van der Waals surface area contributed by atoms with Gasteiger partial charge in [0.05, 0.1) is 6.54 Å². The largest absolute Gasteiger partial charge is 0.474 e. The van der Waals surface area contributed by atoms with E-state index in [4.69, 9.17) is 4.74 Å². The number of rotatable bonds is 11. The van der Waals surface area contributed by atoms with Crippen molar-refractivity contribution >= 4 is 22.9 Å². The maximum atomic E-state index is 12.7. The lowest BCUT2D eigenvalue weighted by Crippen LogP contribution is -2.24. The lowest BCUT2D eigenvalue weighted by atomic mass is 10.0. The molecule has 2 aromatic carbocycles. The molecule has 0 fully saturated rings. The Hall–Kier alpha value is -3.60. The molecule has 0 aromatic heterocycles. The summed E-state index contributed by atoms with van der Waals surface area (Å²) in [6.45, 7) is 11.4. The van der Waals surface area contributed by atoms with Gasteiger partial charge < -0.3 is 14.5 Å². The first-order valence-electron chi connectivity index (χ1n) is 9.12. The Morgan fingerprint density at radius 2 is 1.34 bits per heavy atom. The zero-order chi connectivity index (χ0) is 21.4. The Labute approximate surface area is 172 Å². The molecule has 0 aliphatic heterocycles. The topological polar surface area (TPSA) is 49.9 Å². The summed E-state index contributed by atoms with van der Waals surface area (Å²) in [6.07, 6.45) is 2.85. The van der Waals surface area contributed by atoms with Crippen LogP contribution in [0.5, 0.6) is 0 Å². The minimum atomic E-state index is -0.0631. The van der Waals surface area contributed by atoms with Crippen LogP contribution in [-0.2, 0) is 9.53 Å². The summed E-state index contributed by atoms with van der Waals surface area (Å²) in [4.78, 5) is 27.9. The molecule has 0 saturated carbocycles. The first kappa shape index (κ1) is 21.7. The van der Waals surface area contributed by atoms with Gasteiger partial charge in [-0.25, -0.2) is 0 Å². The van der Waals surface area contributed by atoms with Gasteiger partial charge >= 0.3 is 0 Å². The van der Waals surface area contributed by atoms with E-state index in [9.17, 15) is 9.59 Å². The van der Waals surface area contributed by atoms with Gasteiger partial charge in [-0.2, -0.15) is 0 Å². The second-order valence-corrected chi connectivity index (χ2v) is 6.59. The molecule has 0 saturated heterocycles. The Morgan fingerprint density at radius 1 is 0.862 bits per heavy atom. The third-order valence-corrected chi connectivity index (χ3v) is 4.43. The second-order valence-electron chi connectivity index (χ2n) is 6.59. The third-order valence-electron chi connectivity index (χ3n) is 4.43. The van der Waals surface area contributed by atoms with E-state index in [0.717, 1.165) is 11.4 Å². The smallest absolute Gasteiger partial charge is 0.193 e. The molecule has 29 heavy (non-hydrogen) atoms. The van der Waals surface area contributed by atoms with Crippen LogP contribution in [0, 0.1) is 0 Å². The molecule has 0 unspecified atom stereocenters. The molecular weight excluding hydrogens is 364 g/mol. The number of carbonyl (C=O) groups is 2. The fraction of sp³-hybridized carbons (Fsp3) is 0.167. The van der Waals surface area contributed by atoms with E-state index in [2.05, 4.69) is 19.7 Å². The van der Waals surface area contributed by atoms with E-state index >= 15 is 0 Å². The van der Waals surface area contributed by atoms with Crippen LogP contribution < -0.4 is 9.80 Å². The van der Waals surface area contributed by atoms with Crippen molar-refractivity contribution in [3.63, 3.8) is 0 Å². The van der Waals surface area contributed by atoms with Crippen LogP contribution in [0.15, 0.2) is 86.2 Å². The van der Waals surface area contributed by atoms with Crippen LogP contribution in [-0.4, -0.2) is 38.9 Å². The molecule has 0 heterocycles. The van der Waals surface area contributed by atoms with Crippen molar-refractivity contribution in [2.45, 2.75) is 0 Å². The fourth-order valence-electron chi connectivity index (χ4n) is 2.60. The van der Waals surface area contributed by atoms with Crippen molar-refractivity contribution in [2.75, 3.05) is 37.2 Å². The number of benzene rings is 2.